The molecular weight excluding hydrogens is 524 g/mol. The third-order valence-electron chi connectivity index (χ3n) is 10.3. The zero-order valence-corrected chi connectivity index (χ0v) is 22.6. The second-order valence-corrected chi connectivity index (χ2v) is 15.3. The van der Waals surface area contributed by atoms with E-state index in [1.807, 2.05) is 20.8 Å². The average molecular weight is 560 g/mol. The number of alkyl halides is 2. The first kappa shape index (κ1) is 26.4. The molecule has 6 unspecified atom stereocenters. The van der Waals surface area contributed by atoms with E-state index in [0.29, 0.717) is 24.2 Å². The van der Waals surface area contributed by atoms with Crippen LogP contribution in [-0.2, 0) is 34.0 Å². The van der Waals surface area contributed by atoms with Gasteiger partial charge in [-0.1, -0.05) is 0 Å². The molecule has 6 saturated carbocycles. The summed E-state index contributed by atoms with van der Waals surface area (Å²) in [6.07, 6.45) is 5.47. The molecule has 6 aliphatic carbocycles. The molecule has 0 aromatic heterocycles. The highest BCUT2D eigenvalue weighted by Gasteiger charge is 2.72. The van der Waals surface area contributed by atoms with Crippen molar-refractivity contribution in [3.05, 3.63) is 0 Å². The van der Waals surface area contributed by atoms with Crippen LogP contribution >= 0.6 is 0 Å². The lowest BCUT2D eigenvalue weighted by atomic mass is 9.49. The predicted molar refractivity (Wildman–Crippen MR) is 127 cm³/mol. The maximum Gasteiger partial charge on any atom is 0.402 e. The minimum absolute atomic E-state index is 0.274. The minimum Gasteiger partial charge on any atom is -0.459 e. The number of ether oxygens (including phenoxy) is 2. The summed E-state index contributed by atoms with van der Waals surface area (Å²) < 4.78 is 69.3. The fraction of sp³-hybridized carbons (Fsp3) is 0.885. The predicted octanol–water partition coefficient (Wildman–Crippen LogP) is 3.03. The number of likely N-dealkylation sites (tertiary alicyclic amines) is 1. The molecule has 12 heteroatoms. The van der Waals surface area contributed by atoms with Crippen LogP contribution in [0, 0.1) is 46.8 Å². The van der Waals surface area contributed by atoms with Gasteiger partial charge in [0.1, 0.15) is 6.10 Å². The fourth-order valence-electron chi connectivity index (χ4n) is 9.50. The summed E-state index contributed by atoms with van der Waals surface area (Å²) in [5.41, 5.74) is -1.18. The monoisotopic (exact) mass is 559 g/mol. The highest BCUT2D eigenvalue weighted by Crippen LogP contribution is 2.63. The molecule has 7 aliphatic rings. The number of rotatable bonds is 6. The lowest BCUT2D eigenvalue weighted by molar-refractivity contribution is -0.186. The molecule has 6 bridgehead atoms. The lowest BCUT2D eigenvalue weighted by Gasteiger charge is -2.55. The second-order valence-electron chi connectivity index (χ2n) is 13.8. The molecule has 38 heavy (non-hydrogen) atoms. The van der Waals surface area contributed by atoms with Gasteiger partial charge in [-0.05, 0) is 89.4 Å². The van der Waals surface area contributed by atoms with Gasteiger partial charge in [-0.15, -0.1) is 0 Å². The largest absolute Gasteiger partial charge is 0.459 e. The molecular formula is C26H35F2NO8S. The van der Waals surface area contributed by atoms with Crippen molar-refractivity contribution in [3.63, 3.8) is 0 Å². The van der Waals surface area contributed by atoms with E-state index in [0.717, 1.165) is 38.5 Å². The maximum atomic E-state index is 13.9. The molecule has 1 saturated heterocycles. The van der Waals surface area contributed by atoms with E-state index < -0.39 is 68.8 Å². The third kappa shape index (κ3) is 3.75. The third-order valence-corrected chi connectivity index (χ3v) is 11.2. The zero-order valence-electron chi connectivity index (χ0n) is 21.8. The van der Waals surface area contributed by atoms with E-state index in [1.165, 1.54) is 0 Å². The van der Waals surface area contributed by atoms with Gasteiger partial charge in [-0.2, -0.15) is 17.2 Å². The normalized spacial score (nSPS) is 43.2. The number of carbonyl (C=O) groups excluding carboxylic acids is 3. The molecule has 9 nitrogen and oxygen atoms in total. The summed E-state index contributed by atoms with van der Waals surface area (Å²) in [6, 6.07) is -0.418. The Labute approximate surface area is 220 Å². The maximum absolute atomic E-state index is 13.9. The Bertz CT molecular complexity index is 1140. The molecule has 6 atom stereocenters. The first-order valence-electron chi connectivity index (χ1n) is 13.6. The number of hydrogen-bond acceptors (Lipinski definition) is 7. The summed E-state index contributed by atoms with van der Waals surface area (Å²) in [7, 11) is -5.79. The first-order chi connectivity index (χ1) is 17.5. The lowest BCUT2D eigenvalue weighted by Crippen LogP contribution is -2.55. The van der Waals surface area contributed by atoms with Crippen LogP contribution in [0.1, 0.15) is 65.7 Å². The smallest absolute Gasteiger partial charge is 0.402 e. The van der Waals surface area contributed by atoms with Crippen molar-refractivity contribution in [2.24, 2.45) is 46.8 Å². The van der Waals surface area contributed by atoms with Crippen LogP contribution < -0.4 is 0 Å². The standard InChI is InChI=1S/C26H35F2NO8S/c1-24(2,3)29-19-15-7-16(18(17(15)21(29)30)22(31)36-11-26(27,28)38(33,34)35)20(19)37-23(32)25-8-12-4-13(9-25)6-14(5-12)10-25/h12-20H,4-11H2,1-3H3,(H,33,34,35). The van der Waals surface area contributed by atoms with Crippen molar-refractivity contribution in [1.82, 2.24) is 4.90 Å². The second kappa shape index (κ2) is 8.11. The highest BCUT2D eigenvalue weighted by molar-refractivity contribution is 7.86. The van der Waals surface area contributed by atoms with Crippen LogP contribution in [0.15, 0.2) is 0 Å². The van der Waals surface area contributed by atoms with Crippen LogP contribution in [0.25, 0.3) is 0 Å². The van der Waals surface area contributed by atoms with E-state index >= 15 is 0 Å². The summed E-state index contributed by atoms with van der Waals surface area (Å²) >= 11 is 0. The van der Waals surface area contributed by atoms with Crippen LogP contribution in [0.2, 0.25) is 0 Å². The van der Waals surface area contributed by atoms with Gasteiger partial charge in [0.05, 0.1) is 23.3 Å². The van der Waals surface area contributed by atoms with Gasteiger partial charge in [-0.3, -0.25) is 18.9 Å². The van der Waals surface area contributed by atoms with E-state index in [2.05, 4.69) is 0 Å². The molecule has 212 valence electrons. The van der Waals surface area contributed by atoms with Crippen LogP contribution in [0.4, 0.5) is 8.78 Å². The van der Waals surface area contributed by atoms with E-state index in [-0.39, 0.29) is 17.8 Å². The van der Waals surface area contributed by atoms with Crippen LogP contribution in [0.3, 0.4) is 0 Å². The Balaban J connectivity index is 1.27. The van der Waals surface area contributed by atoms with E-state index in [1.54, 1.807) is 4.90 Å². The van der Waals surface area contributed by atoms with Crippen molar-refractivity contribution < 1.29 is 45.6 Å². The van der Waals surface area contributed by atoms with Crippen molar-refractivity contribution in [2.45, 2.75) is 88.7 Å². The van der Waals surface area contributed by atoms with Gasteiger partial charge in [0.25, 0.3) is 0 Å². The number of amides is 1. The highest BCUT2D eigenvalue weighted by atomic mass is 32.2. The van der Waals surface area contributed by atoms with Gasteiger partial charge in [0.15, 0.2) is 6.61 Å². The molecule has 0 aromatic carbocycles. The number of fused-ring (bicyclic) bond motifs is 1. The van der Waals surface area contributed by atoms with Crippen molar-refractivity contribution in [2.75, 3.05) is 6.61 Å². The number of hydrogen-bond donors (Lipinski definition) is 1. The molecule has 7 rings (SSSR count). The molecule has 0 spiro atoms. The topological polar surface area (TPSA) is 127 Å². The molecule has 0 radical (unpaired) electrons. The molecule has 7 fully saturated rings. The van der Waals surface area contributed by atoms with Crippen molar-refractivity contribution >= 4 is 28.0 Å². The number of halogens is 2. The van der Waals surface area contributed by atoms with Gasteiger partial charge in [-0.25, -0.2) is 0 Å². The Morgan fingerprint density at radius 1 is 1.03 bits per heavy atom. The number of esters is 2. The summed E-state index contributed by atoms with van der Waals surface area (Å²) in [6.45, 7) is 3.73. The molecule has 0 aromatic rings. The van der Waals surface area contributed by atoms with Crippen LogP contribution in [-0.4, -0.2) is 65.3 Å². The Kier molecular flexibility index (Phi) is 5.64. The van der Waals surface area contributed by atoms with Crippen molar-refractivity contribution in [1.29, 1.82) is 0 Å². The number of carbonyl (C=O) groups is 3. The van der Waals surface area contributed by atoms with Gasteiger partial charge >= 0.3 is 27.3 Å². The Morgan fingerprint density at radius 2 is 1.58 bits per heavy atom. The quantitative estimate of drug-likeness (QED) is 0.389. The molecule has 1 heterocycles. The zero-order chi connectivity index (χ0) is 27.6. The minimum atomic E-state index is -5.79. The summed E-state index contributed by atoms with van der Waals surface area (Å²) in [5, 5.41) is -4.68. The van der Waals surface area contributed by atoms with Gasteiger partial charge < -0.3 is 14.4 Å². The van der Waals surface area contributed by atoms with E-state index in [4.69, 9.17) is 14.0 Å². The summed E-state index contributed by atoms with van der Waals surface area (Å²) in [4.78, 5) is 42.2. The SMILES string of the molecule is CC(C)(C)N1C(=O)C2C3CC(C(OC(=O)C45CC6CC(CC(C6)C4)C5)C31)C2C(=O)OCC(F)(F)S(=O)(=O)O. The Morgan fingerprint density at radius 3 is 2.08 bits per heavy atom. The van der Waals surface area contributed by atoms with Crippen LogP contribution in [0.5, 0.6) is 0 Å². The van der Waals surface area contributed by atoms with Gasteiger partial charge in [0, 0.05) is 11.5 Å². The summed E-state index contributed by atoms with van der Waals surface area (Å²) in [5.74, 6) is -3.02. The fourth-order valence-corrected chi connectivity index (χ4v) is 9.71. The van der Waals surface area contributed by atoms with Crippen molar-refractivity contribution in [3.8, 4) is 0 Å². The number of nitrogens with zero attached hydrogens (tertiary/aromatic N) is 1. The first-order valence-corrected chi connectivity index (χ1v) is 15.0. The van der Waals surface area contributed by atoms with Gasteiger partial charge in [0.2, 0.25) is 5.91 Å². The Hall–Kier alpha value is -1.82. The average Bonchev–Trinajstić information content (AvgIpc) is 3.38. The molecule has 1 aliphatic heterocycles. The molecule has 1 amide bonds. The molecule has 1 N–H and O–H groups in total. The van der Waals surface area contributed by atoms with E-state index in [9.17, 15) is 31.6 Å².